The van der Waals surface area contributed by atoms with E-state index in [9.17, 15) is 4.39 Å². The van der Waals surface area contributed by atoms with E-state index in [4.69, 9.17) is 0 Å². The van der Waals surface area contributed by atoms with Gasteiger partial charge in [0, 0.05) is 6.20 Å². The molecule has 0 bridgehead atoms. The lowest BCUT2D eigenvalue weighted by molar-refractivity contribution is 0.608. The summed E-state index contributed by atoms with van der Waals surface area (Å²) in [5.41, 5.74) is 1.32. The number of aromatic nitrogens is 1. The Balaban J connectivity index is 3.17. The van der Waals surface area contributed by atoms with Crippen LogP contribution >= 0.6 is 0 Å². The summed E-state index contributed by atoms with van der Waals surface area (Å²) in [6.45, 7) is 3.46. The van der Waals surface area contributed by atoms with Crippen molar-refractivity contribution in [2.75, 3.05) is 0 Å². The minimum atomic E-state index is -0.227. The molecule has 2 heteroatoms. The molecule has 0 aromatic carbocycles. The number of hydrogen-bond acceptors (Lipinski definition) is 1. The van der Waals surface area contributed by atoms with E-state index in [2.05, 4.69) is 4.98 Å². The van der Waals surface area contributed by atoms with Crippen LogP contribution in [0.25, 0.3) is 0 Å². The summed E-state index contributed by atoms with van der Waals surface area (Å²) in [5, 5.41) is 0. The number of nitrogens with zero attached hydrogens (tertiary/aromatic N) is 1. The third-order valence-electron chi connectivity index (χ3n) is 1.16. The molecule has 1 heterocycles. The van der Waals surface area contributed by atoms with E-state index in [1.807, 2.05) is 6.92 Å². The molecule has 0 radical (unpaired) electrons. The molecule has 9 heavy (non-hydrogen) atoms. The molecular formula is C7H8FN. The lowest BCUT2D eigenvalue weighted by Gasteiger charge is -1.93. The zero-order valence-corrected chi connectivity index (χ0v) is 5.48. The van der Waals surface area contributed by atoms with Crippen LogP contribution in [0.3, 0.4) is 0 Å². The molecule has 0 aliphatic rings. The fourth-order valence-electron chi connectivity index (χ4n) is 0.602. The predicted octanol–water partition coefficient (Wildman–Crippen LogP) is 1.84. The minimum absolute atomic E-state index is 0.227. The van der Waals surface area contributed by atoms with E-state index < -0.39 is 0 Å². The SMILES string of the molecule is Cc1cnc(C)c(F)c1. The van der Waals surface area contributed by atoms with Gasteiger partial charge in [-0.2, -0.15) is 0 Å². The van der Waals surface area contributed by atoms with Gasteiger partial charge in [0.25, 0.3) is 0 Å². The molecule has 0 aliphatic heterocycles. The fourth-order valence-corrected chi connectivity index (χ4v) is 0.602. The highest BCUT2D eigenvalue weighted by Gasteiger charge is 1.94. The van der Waals surface area contributed by atoms with Crippen molar-refractivity contribution in [3.8, 4) is 0 Å². The van der Waals surface area contributed by atoms with Crippen LogP contribution in [0.4, 0.5) is 4.39 Å². The highest BCUT2D eigenvalue weighted by atomic mass is 19.1. The first-order valence-corrected chi connectivity index (χ1v) is 2.79. The molecule has 0 aliphatic carbocycles. The lowest BCUT2D eigenvalue weighted by atomic mass is 10.3. The molecule has 0 N–H and O–H groups in total. The smallest absolute Gasteiger partial charge is 0.144 e. The minimum Gasteiger partial charge on any atom is -0.258 e. The average Bonchev–Trinajstić information content (AvgIpc) is 1.80. The molecule has 1 rings (SSSR count). The van der Waals surface area contributed by atoms with Crippen molar-refractivity contribution in [1.29, 1.82) is 0 Å². The Labute approximate surface area is 53.5 Å². The number of halogens is 1. The third-order valence-corrected chi connectivity index (χ3v) is 1.16. The number of hydrogen-bond donors (Lipinski definition) is 0. The second-order valence-corrected chi connectivity index (χ2v) is 2.08. The highest BCUT2D eigenvalue weighted by Crippen LogP contribution is 2.03. The van der Waals surface area contributed by atoms with Gasteiger partial charge in [0.1, 0.15) is 5.82 Å². The Morgan fingerprint density at radius 1 is 1.44 bits per heavy atom. The first-order valence-electron chi connectivity index (χ1n) is 2.79. The molecule has 1 nitrogen and oxygen atoms in total. The molecule has 0 fully saturated rings. The number of rotatable bonds is 0. The summed E-state index contributed by atoms with van der Waals surface area (Å²) in [6.07, 6.45) is 1.65. The van der Waals surface area contributed by atoms with Gasteiger partial charge in [-0.3, -0.25) is 4.98 Å². The summed E-state index contributed by atoms with van der Waals surface area (Å²) < 4.78 is 12.5. The highest BCUT2D eigenvalue weighted by molar-refractivity contribution is 5.13. The van der Waals surface area contributed by atoms with Crippen molar-refractivity contribution in [2.24, 2.45) is 0 Å². The number of pyridine rings is 1. The van der Waals surface area contributed by atoms with Gasteiger partial charge in [-0.05, 0) is 25.5 Å². The van der Waals surface area contributed by atoms with Gasteiger partial charge in [-0.15, -0.1) is 0 Å². The molecule has 48 valence electrons. The van der Waals surface area contributed by atoms with E-state index in [-0.39, 0.29) is 5.82 Å². The Hall–Kier alpha value is -0.920. The summed E-state index contributed by atoms with van der Waals surface area (Å²) in [7, 11) is 0. The summed E-state index contributed by atoms with van der Waals surface area (Å²) in [6, 6.07) is 1.47. The van der Waals surface area contributed by atoms with Gasteiger partial charge in [-0.1, -0.05) is 0 Å². The largest absolute Gasteiger partial charge is 0.258 e. The van der Waals surface area contributed by atoms with Gasteiger partial charge < -0.3 is 0 Å². The lowest BCUT2D eigenvalue weighted by Crippen LogP contribution is -1.87. The maximum atomic E-state index is 12.5. The van der Waals surface area contributed by atoms with Crippen molar-refractivity contribution >= 4 is 0 Å². The molecule has 1 aromatic heterocycles. The molecule has 0 spiro atoms. The first-order chi connectivity index (χ1) is 4.20. The van der Waals surface area contributed by atoms with Crippen LogP contribution < -0.4 is 0 Å². The van der Waals surface area contributed by atoms with Gasteiger partial charge in [0.05, 0.1) is 5.69 Å². The Morgan fingerprint density at radius 2 is 2.11 bits per heavy atom. The topological polar surface area (TPSA) is 12.9 Å². The van der Waals surface area contributed by atoms with Crippen molar-refractivity contribution < 1.29 is 4.39 Å². The van der Waals surface area contributed by atoms with Crippen LogP contribution in [-0.4, -0.2) is 4.98 Å². The van der Waals surface area contributed by atoms with Crippen LogP contribution in [0.2, 0.25) is 0 Å². The second kappa shape index (κ2) is 2.13. The van der Waals surface area contributed by atoms with Crippen molar-refractivity contribution in [3.63, 3.8) is 0 Å². The van der Waals surface area contributed by atoms with E-state index >= 15 is 0 Å². The van der Waals surface area contributed by atoms with Crippen molar-refractivity contribution in [3.05, 3.63) is 29.3 Å². The van der Waals surface area contributed by atoms with Crippen molar-refractivity contribution in [2.45, 2.75) is 13.8 Å². The number of aryl methyl sites for hydroxylation is 2. The molecule has 0 amide bonds. The molecular weight excluding hydrogens is 117 g/mol. The monoisotopic (exact) mass is 125 g/mol. The summed E-state index contributed by atoms with van der Waals surface area (Å²) in [5.74, 6) is -0.227. The van der Waals surface area contributed by atoms with Gasteiger partial charge in [0.15, 0.2) is 0 Å². The van der Waals surface area contributed by atoms with Crippen LogP contribution in [0.15, 0.2) is 12.3 Å². The normalized spacial score (nSPS) is 9.67. The molecule has 0 saturated carbocycles. The summed E-state index contributed by atoms with van der Waals surface area (Å²) in [4.78, 5) is 3.80. The third kappa shape index (κ3) is 1.25. The van der Waals surface area contributed by atoms with Crippen molar-refractivity contribution in [1.82, 2.24) is 4.98 Å². The van der Waals surface area contributed by atoms with Gasteiger partial charge in [0.2, 0.25) is 0 Å². The van der Waals surface area contributed by atoms with Crippen LogP contribution in [0.5, 0.6) is 0 Å². The summed E-state index contributed by atoms with van der Waals surface area (Å²) >= 11 is 0. The quantitative estimate of drug-likeness (QED) is 0.515. The Morgan fingerprint density at radius 3 is 2.56 bits per heavy atom. The van der Waals surface area contributed by atoms with E-state index in [0.29, 0.717) is 5.69 Å². The van der Waals surface area contributed by atoms with Crippen LogP contribution in [0.1, 0.15) is 11.3 Å². The standard InChI is InChI=1S/C7H8FN/c1-5-3-7(8)6(2)9-4-5/h3-4H,1-2H3. The maximum absolute atomic E-state index is 12.5. The fraction of sp³-hybridized carbons (Fsp3) is 0.286. The molecule has 0 unspecified atom stereocenters. The Kier molecular flexibility index (Phi) is 1.47. The van der Waals surface area contributed by atoms with Crippen LogP contribution in [-0.2, 0) is 0 Å². The van der Waals surface area contributed by atoms with Gasteiger partial charge >= 0.3 is 0 Å². The first kappa shape index (κ1) is 6.20. The zero-order chi connectivity index (χ0) is 6.85. The maximum Gasteiger partial charge on any atom is 0.144 e. The van der Waals surface area contributed by atoms with Crippen LogP contribution in [0, 0.1) is 19.7 Å². The molecule has 0 saturated heterocycles. The van der Waals surface area contributed by atoms with E-state index in [1.165, 1.54) is 6.07 Å². The van der Waals surface area contributed by atoms with E-state index in [0.717, 1.165) is 5.56 Å². The molecule has 1 aromatic rings. The zero-order valence-electron chi connectivity index (χ0n) is 5.48. The Bertz CT molecular complexity index is 220. The molecule has 0 atom stereocenters. The van der Waals surface area contributed by atoms with Gasteiger partial charge in [-0.25, -0.2) is 4.39 Å². The average molecular weight is 125 g/mol. The second-order valence-electron chi connectivity index (χ2n) is 2.08. The van der Waals surface area contributed by atoms with E-state index in [1.54, 1.807) is 13.1 Å². The predicted molar refractivity (Wildman–Crippen MR) is 33.7 cm³/mol.